The summed E-state index contributed by atoms with van der Waals surface area (Å²) in [6, 6.07) is 5.67. The van der Waals surface area contributed by atoms with Gasteiger partial charge in [-0.1, -0.05) is 6.07 Å². The normalized spacial score (nSPS) is 29.6. The van der Waals surface area contributed by atoms with E-state index in [0.717, 1.165) is 12.4 Å². The minimum absolute atomic E-state index is 0.0236. The first-order chi connectivity index (χ1) is 9.72. The first-order valence-electron chi connectivity index (χ1n) is 7.06. The molecule has 2 aliphatic heterocycles. The van der Waals surface area contributed by atoms with Gasteiger partial charge in [0.15, 0.2) is 0 Å². The highest BCUT2D eigenvalue weighted by atomic mass is 19.1. The number of anilines is 1. The van der Waals surface area contributed by atoms with E-state index in [9.17, 15) is 9.18 Å². The van der Waals surface area contributed by atoms with E-state index in [1.807, 2.05) is 18.2 Å². The molecule has 0 spiro atoms. The molecule has 20 heavy (non-hydrogen) atoms. The molecule has 2 saturated heterocycles. The van der Waals surface area contributed by atoms with Crippen molar-refractivity contribution in [2.45, 2.75) is 31.1 Å². The van der Waals surface area contributed by atoms with Gasteiger partial charge in [-0.3, -0.25) is 4.79 Å². The van der Waals surface area contributed by atoms with E-state index in [1.165, 1.54) is 0 Å². The fourth-order valence-corrected chi connectivity index (χ4v) is 2.83. The summed E-state index contributed by atoms with van der Waals surface area (Å²) < 4.78 is 13.2. The summed E-state index contributed by atoms with van der Waals surface area (Å²) >= 11 is 0. The molecule has 1 aromatic rings. The number of pyridine rings is 1. The number of likely N-dealkylation sites (tertiary alicyclic amines) is 1. The number of hydrogen-bond acceptors (Lipinski definition) is 4. The van der Waals surface area contributed by atoms with Crippen molar-refractivity contribution in [1.82, 2.24) is 15.2 Å². The SMILES string of the molecule is O=C([C@@H]1C[C@H](Nc2ccccn2)CN1)N1CCC(F)C1. The molecule has 3 rings (SSSR count). The minimum atomic E-state index is -0.859. The molecule has 1 unspecified atom stereocenters. The Morgan fingerprint density at radius 2 is 2.40 bits per heavy atom. The van der Waals surface area contributed by atoms with E-state index in [-0.39, 0.29) is 24.5 Å². The number of carbonyl (C=O) groups excluding carboxylic acids is 1. The van der Waals surface area contributed by atoms with Gasteiger partial charge in [-0.25, -0.2) is 9.37 Å². The standard InChI is InChI=1S/C14H19FN4O/c15-10-4-6-19(9-10)14(20)12-7-11(8-17-12)18-13-3-1-2-5-16-13/h1-3,5,10-12,17H,4,6-9H2,(H,16,18)/t10?,11-,12-/m0/s1. The number of alkyl halides is 1. The molecule has 0 saturated carbocycles. The van der Waals surface area contributed by atoms with Crippen molar-refractivity contribution in [3.63, 3.8) is 0 Å². The highest BCUT2D eigenvalue weighted by molar-refractivity contribution is 5.82. The average Bonchev–Trinajstić information content (AvgIpc) is 3.08. The van der Waals surface area contributed by atoms with E-state index < -0.39 is 6.17 Å². The lowest BCUT2D eigenvalue weighted by Gasteiger charge is -2.20. The van der Waals surface area contributed by atoms with Crippen molar-refractivity contribution in [1.29, 1.82) is 0 Å². The summed E-state index contributed by atoms with van der Waals surface area (Å²) in [6.07, 6.45) is 2.05. The van der Waals surface area contributed by atoms with Crippen molar-refractivity contribution in [2.75, 3.05) is 25.0 Å². The molecule has 108 valence electrons. The Morgan fingerprint density at radius 1 is 1.50 bits per heavy atom. The van der Waals surface area contributed by atoms with Crippen LogP contribution < -0.4 is 10.6 Å². The zero-order valence-corrected chi connectivity index (χ0v) is 11.3. The smallest absolute Gasteiger partial charge is 0.239 e. The topological polar surface area (TPSA) is 57.3 Å². The van der Waals surface area contributed by atoms with Crippen LogP contribution in [0.1, 0.15) is 12.8 Å². The third kappa shape index (κ3) is 2.90. The number of halogens is 1. The van der Waals surface area contributed by atoms with E-state index in [1.54, 1.807) is 11.1 Å². The molecule has 0 radical (unpaired) electrons. The van der Waals surface area contributed by atoms with Crippen molar-refractivity contribution >= 4 is 11.7 Å². The molecule has 1 aromatic heterocycles. The Labute approximate surface area is 117 Å². The van der Waals surface area contributed by atoms with Gasteiger partial charge in [-0.15, -0.1) is 0 Å². The van der Waals surface area contributed by atoms with E-state index in [4.69, 9.17) is 0 Å². The number of carbonyl (C=O) groups is 1. The van der Waals surface area contributed by atoms with Crippen LogP contribution in [0.2, 0.25) is 0 Å². The molecule has 3 heterocycles. The summed E-state index contributed by atoms with van der Waals surface area (Å²) in [7, 11) is 0. The van der Waals surface area contributed by atoms with Gasteiger partial charge in [0.25, 0.3) is 0 Å². The summed E-state index contributed by atoms with van der Waals surface area (Å²) in [5, 5.41) is 6.52. The van der Waals surface area contributed by atoms with Crippen LogP contribution in [0.4, 0.5) is 10.2 Å². The minimum Gasteiger partial charge on any atom is -0.366 e. The predicted molar refractivity (Wildman–Crippen MR) is 74.1 cm³/mol. The van der Waals surface area contributed by atoms with Gasteiger partial charge in [0.1, 0.15) is 12.0 Å². The maximum absolute atomic E-state index is 13.2. The zero-order valence-electron chi connectivity index (χ0n) is 11.3. The van der Waals surface area contributed by atoms with E-state index in [2.05, 4.69) is 15.6 Å². The first kappa shape index (κ1) is 13.3. The summed E-state index contributed by atoms with van der Waals surface area (Å²) in [4.78, 5) is 18.1. The van der Waals surface area contributed by atoms with Crippen molar-refractivity contribution < 1.29 is 9.18 Å². The predicted octanol–water partition coefficient (Wildman–Crippen LogP) is 0.794. The first-order valence-corrected chi connectivity index (χ1v) is 7.06. The van der Waals surface area contributed by atoms with Crippen LogP contribution in [0.3, 0.4) is 0 Å². The van der Waals surface area contributed by atoms with Crippen LogP contribution in [-0.4, -0.2) is 53.7 Å². The molecule has 0 bridgehead atoms. The highest BCUT2D eigenvalue weighted by Gasteiger charge is 2.35. The number of hydrogen-bond donors (Lipinski definition) is 2. The fourth-order valence-electron chi connectivity index (χ4n) is 2.83. The molecule has 2 aliphatic rings. The van der Waals surface area contributed by atoms with Crippen molar-refractivity contribution in [3.8, 4) is 0 Å². The molecule has 3 atom stereocenters. The third-order valence-corrected chi connectivity index (χ3v) is 3.89. The fraction of sp³-hybridized carbons (Fsp3) is 0.571. The van der Waals surface area contributed by atoms with Crippen molar-refractivity contribution in [3.05, 3.63) is 24.4 Å². The average molecular weight is 278 g/mol. The second kappa shape index (κ2) is 5.75. The Morgan fingerprint density at radius 3 is 3.10 bits per heavy atom. The Balaban J connectivity index is 1.53. The highest BCUT2D eigenvalue weighted by Crippen LogP contribution is 2.18. The number of aromatic nitrogens is 1. The van der Waals surface area contributed by atoms with Crippen LogP contribution in [0, 0.1) is 0 Å². The molecule has 2 fully saturated rings. The largest absolute Gasteiger partial charge is 0.366 e. The number of nitrogens with zero attached hydrogens (tertiary/aromatic N) is 2. The number of amides is 1. The van der Waals surface area contributed by atoms with Gasteiger partial charge in [-0.05, 0) is 25.0 Å². The molecule has 0 aliphatic carbocycles. The zero-order chi connectivity index (χ0) is 13.9. The van der Waals surface area contributed by atoms with Crippen LogP contribution >= 0.6 is 0 Å². The maximum atomic E-state index is 13.2. The number of rotatable bonds is 3. The molecule has 6 heteroatoms. The van der Waals surface area contributed by atoms with Gasteiger partial charge in [-0.2, -0.15) is 0 Å². The molecular weight excluding hydrogens is 259 g/mol. The van der Waals surface area contributed by atoms with E-state index in [0.29, 0.717) is 19.4 Å². The van der Waals surface area contributed by atoms with Gasteiger partial charge in [0.05, 0.1) is 12.6 Å². The van der Waals surface area contributed by atoms with Gasteiger partial charge >= 0.3 is 0 Å². The molecular formula is C14H19FN4O. The van der Waals surface area contributed by atoms with Gasteiger partial charge < -0.3 is 15.5 Å². The second-order valence-corrected chi connectivity index (χ2v) is 5.42. The molecule has 2 N–H and O–H groups in total. The summed E-state index contributed by atoms with van der Waals surface area (Å²) in [5.74, 6) is 0.841. The maximum Gasteiger partial charge on any atom is 0.239 e. The lowest BCUT2D eigenvalue weighted by Crippen LogP contribution is -2.42. The molecule has 1 amide bonds. The van der Waals surface area contributed by atoms with Crippen LogP contribution in [-0.2, 0) is 4.79 Å². The van der Waals surface area contributed by atoms with Crippen LogP contribution in [0.25, 0.3) is 0 Å². The molecule has 5 nitrogen and oxygen atoms in total. The summed E-state index contributed by atoms with van der Waals surface area (Å²) in [5.41, 5.74) is 0. The van der Waals surface area contributed by atoms with Crippen LogP contribution in [0.15, 0.2) is 24.4 Å². The lowest BCUT2D eigenvalue weighted by molar-refractivity contribution is -0.132. The second-order valence-electron chi connectivity index (χ2n) is 5.42. The monoisotopic (exact) mass is 278 g/mol. The van der Waals surface area contributed by atoms with E-state index >= 15 is 0 Å². The lowest BCUT2D eigenvalue weighted by atomic mass is 10.1. The van der Waals surface area contributed by atoms with Gasteiger partial charge in [0, 0.05) is 25.3 Å². The third-order valence-electron chi connectivity index (χ3n) is 3.89. The Hall–Kier alpha value is -1.69. The number of nitrogens with one attached hydrogen (secondary N) is 2. The quantitative estimate of drug-likeness (QED) is 0.858. The van der Waals surface area contributed by atoms with Gasteiger partial charge in [0.2, 0.25) is 5.91 Å². The summed E-state index contributed by atoms with van der Waals surface area (Å²) in [6.45, 7) is 1.51. The van der Waals surface area contributed by atoms with Crippen LogP contribution in [0.5, 0.6) is 0 Å². The Kier molecular flexibility index (Phi) is 3.82. The molecule has 0 aromatic carbocycles. The Bertz CT molecular complexity index is 470. The van der Waals surface area contributed by atoms with Crippen molar-refractivity contribution in [2.24, 2.45) is 0 Å².